The Morgan fingerprint density at radius 3 is 2.07 bits per heavy atom. The first-order valence-electron chi connectivity index (χ1n) is 8.40. The highest BCUT2D eigenvalue weighted by atomic mass is 16.3. The number of furan rings is 1. The lowest BCUT2D eigenvalue weighted by molar-refractivity contribution is -0.120. The summed E-state index contributed by atoms with van der Waals surface area (Å²) in [5.41, 5.74) is 1.45. The minimum Gasteiger partial charge on any atom is -0.467 e. The van der Waals surface area contributed by atoms with Crippen molar-refractivity contribution in [1.29, 1.82) is 0 Å². The molecular weight excluding hydrogens is 344 g/mol. The summed E-state index contributed by atoms with van der Waals surface area (Å²) in [5.74, 6) is -0.189. The zero-order chi connectivity index (χ0) is 19.1. The van der Waals surface area contributed by atoms with E-state index in [1.54, 1.807) is 60.7 Å². The first kappa shape index (κ1) is 18.1. The van der Waals surface area contributed by atoms with Gasteiger partial charge in [0.25, 0.3) is 5.91 Å². The van der Waals surface area contributed by atoms with Gasteiger partial charge in [-0.25, -0.2) is 0 Å². The fourth-order valence-corrected chi connectivity index (χ4v) is 2.45. The largest absolute Gasteiger partial charge is 0.467 e. The van der Waals surface area contributed by atoms with E-state index in [2.05, 4.69) is 10.6 Å². The molecule has 136 valence electrons. The van der Waals surface area contributed by atoms with Crippen LogP contribution < -0.4 is 10.6 Å². The Morgan fingerprint density at radius 2 is 1.41 bits per heavy atom. The van der Waals surface area contributed by atoms with Crippen LogP contribution in [-0.4, -0.2) is 24.1 Å². The Labute approximate surface area is 156 Å². The standard InChI is InChI=1S/C21H18N2O4/c24-19(22-13-18-7-4-12-27-18)14-23-21(26)17-10-8-16(9-11-17)20(25)15-5-2-1-3-6-15/h1-12H,13-14H2,(H,22,24)(H,23,26). The molecule has 0 spiro atoms. The Bertz CT molecular complexity index is 917. The van der Waals surface area contributed by atoms with Gasteiger partial charge in [-0.3, -0.25) is 14.4 Å². The highest BCUT2D eigenvalue weighted by molar-refractivity contribution is 6.09. The second-order valence-electron chi connectivity index (χ2n) is 5.81. The van der Waals surface area contributed by atoms with Crippen molar-refractivity contribution in [3.63, 3.8) is 0 Å². The lowest BCUT2D eigenvalue weighted by atomic mass is 10.0. The van der Waals surface area contributed by atoms with E-state index < -0.39 is 0 Å². The molecule has 0 radical (unpaired) electrons. The summed E-state index contributed by atoms with van der Waals surface area (Å²) in [6, 6.07) is 18.7. The summed E-state index contributed by atoms with van der Waals surface area (Å²) in [7, 11) is 0. The third kappa shape index (κ3) is 4.92. The van der Waals surface area contributed by atoms with Crippen LogP contribution >= 0.6 is 0 Å². The third-order valence-electron chi connectivity index (χ3n) is 3.89. The van der Waals surface area contributed by atoms with Crippen molar-refractivity contribution in [2.45, 2.75) is 6.54 Å². The molecule has 0 atom stereocenters. The second-order valence-corrected chi connectivity index (χ2v) is 5.81. The van der Waals surface area contributed by atoms with E-state index in [4.69, 9.17) is 4.42 Å². The molecule has 27 heavy (non-hydrogen) atoms. The summed E-state index contributed by atoms with van der Waals surface area (Å²) in [6.07, 6.45) is 1.52. The van der Waals surface area contributed by atoms with Gasteiger partial charge in [0.2, 0.25) is 5.91 Å². The number of carbonyl (C=O) groups is 3. The molecule has 3 rings (SSSR count). The van der Waals surface area contributed by atoms with Crippen LogP contribution in [0, 0.1) is 0 Å². The van der Waals surface area contributed by atoms with Crippen molar-refractivity contribution >= 4 is 17.6 Å². The monoisotopic (exact) mass is 362 g/mol. The molecule has 1 heterocycles. The fourth-order valence-electron chi connectivity index (χ4n) is 2.45. The van der Waals surface area contributed by atoms with Crippen molar-refractivity contribution in [2.24, 2.45) is 0 Å². The van der Waals surface area contributed by atoms with Gasteiger partial charge in [0.15, 0.2) is 5.78 Å². The Hall–Kier alpha value is -3.67. The molecule has 0 saturated carbocycles. The quantitative estimate of drug-likeness (QED) is 0.632. The molecule has 0 fully saturated rings. The van der Waals surface area contributed by atoms with E-state index in [1.165, 1.54) is 6.26 Å². The van der Waals surface area contributed by atoms with Gasteiger partial charge in [0, 0.05) is 16.7 Å². The van der Waals surface area contributed by atoms with Gasteiger partial charge >= 0.3 is 0 Å². The predicted molar refractivity (Wildman–Crippen MR) is 99.2 cm³/mol. The molecular formula is C21H18N2O4. The zero-order valence-corrected chi connectivity index (χ0v) is 14.5. The van der Waals surface area contributed by atoms with Gasteiger partial charge in [-0.2, -0.15) is 0 Å². The maximum Gasteiger partial charge on any atom is 0.251 e. The summed E-state index contributed by atoms with van der Waals surface area (Å²) in [6.45, 7) is 0.113. The van der Waals surface area contributed by atoms with Crippen LogP contribution in [0.2, 0.25) is 0 Å². The SMILES string of the molecule is O=C(CNC(=O)c1ccc(C(=O)c2ccccc2)cc1)NCc1ccco1. The van der Waals surface area contributed by atoms with Crippen LogP contribution in [0.15, 0.2) is 77.4 Å². The van der Waals surface area contributed by atoms with Crippen molar-refractivity contribution in [3.8, 4) is 0 Å². The Kier molecular flexibility index (Phi) is 5.79. The molecule has 0 aliphatic carbocycles. The van der Waals surface area contributed by atoms with Crippen LogP contribution in [-0.2, 0) is 11.3 Å². The van der Waals surface area contributed by atoms with Gasteiger partial charge < -0.3 is 15.1 Å². The van der Waals surface area contributed by atoms with E-state index in [0.717, 1.165) is 0 Å². The highest BCUT2D eigenvalue weighted by Gasteiger charge is 2.11. The first-order chi connectivity index (χ1) is 13.1. The highest BCUT2D eigenvalue weighted by Crippen LogP contribution is 2.11. The lowest BCUT2D eigenvalue weighted by Gasteiger charge is -2.07. The number of amides is 2. The van der Waals surface area contributed by atoms with Crippen LogP contribution in [0.3, 0.4) is 0 Å². The molecule has 0 saturated heterocycles. The maximum absolute atomic E-state index is 12.4. The minimum absolute atomic E-state index is 0.111. The number of carbonyl (C=O) groups excluding carboxylic acids is 3. The van der Waals surface area contributed by atoms with Crippen LogP contribution in [0.4, 0.5) is 0 Å². The molecule has 0 bridgehead atoms. The molecule has 6 nitrogen and oxygen atoms in total. The van der Waals surface area contributed by atoms with Crippen LogP contribution in [0.1, 0.15) is 32.0 Å². The average molecular weight is 362 g/mol. The van der Waals surface area contributed by atoms with Gasteiger partial charge in [-0.05, 0) is 24.3 Å². The fraction of sp³-hybridized carbons (Fsp3) is 0.0952. The van der Waals surface area contributed by atoms with Crippen LogP contribution in [0.5, 0.6) is 0 Å². The smallest absolute Gasteiger partial charge is 0.251 e. The summed E-state index contributed by atoms with van der Waals surface area (Å²) < 4.78 is 5.11. The van der Waals surface area contributed by atoms with E-state index in [9.17, 15) is 14.4 Å². The molecule has 0 aliphatic rings. The zero-order valence-electron chi connectivity index (χ0n) is 14.5. The van der Waals surface area contributed by atoms with Crippen molar-refractivity contribution in [3.05, 3.63) is 95.4 Å². The van der Waals surface area contributed by atoms with Gasteiger partial charge in [0.05, 0.1) is 19.4 Å². The Morgan fingerprint density at radius 1 is 0.741 bits per heavy atom. The Balaban J connectivity index is 1.51. The molecule has 6 heteroatoms. The van der Waals surface area contributed by atoms with E-state index >= 15 is 0 Å². The summed E-state index contributed by atoms with van der Waals surface area (Å²) in [5, 5.41) is 5.18. The number of hydrogen-bond donors (Lipinski definition) is 2. The summed E-state index contributed by atoms with van der Waals surface area (Å²) in [4.78, 5) is 36.3. The molecule has 3 aromatic rings. The number of benzene rings is 2. The second kappa shape index (κ2) is 8.62. The molecule has 1 aromatic heterocycles. The normalized spacial score (nSPS) is 10.2. The summed E-state index contributed by atoms with van der Waals surface area (Å²) >= 11 is 0. The topological polar surface area (TPSA) is 88.4 Å². The van der Waals surface area contributed by atoms with E-state index in [0.29, 0.717) is 22.5 Å². The van der Waals surface area contributed by atoms with E-state index in [-0.39, 0.29) is 30.7 Å². The van der Waals surface area contributed by atoms with Gasteiger partial charge in [0.1, 0.15) is 5.76 Å². The first-order valence-corrected chi connectivity index (χ1v) is 8.40. The van der Waals surface area contributed by atoms with Gasteiger partial charge in [-0.15, -0.1) is 0 Å². The molecule has 2 aromatic carbocycles. The molecule has 2 amide bonds. The van der Waals surface area contributed by atoms with Crippen molar-refractivity contribution in [2.75, 3.05) is 6.54 Å². The average Bonchev–Trinajstić information content (AvgIpc) is 3.24. The van der Waals surface area contributed by atoms with Gasteiger partial charge in [-0.1, -0.05) is 42.5 Å². The predicted octanol–water partition coefficient (Wildman–Crippen LogP) is 2.56. The number of rotatable bonds is 7. The number of nitrogens with one attached hydrogen (secondary N) is 2. The maximum atomic E-state index is 12.4. The van der Waals surface area contributed by atoms with Crippen LogP contribution in [0.25, 0.3) is 0 Å². The minimum atomic E-state index is -0.387. The van der Waals surface area contributed by atoms with Crippen molar-refractivity contribution < 1.29 is 18.8 Å². The molecule has 2 N–H and O–H groups in total. The van der Waals surface area contributed by atoms with E-state index in [1.807, 2.05) is 6.07 Å². The number of hydrogen-bond acceptors (Lipinski definition) is 4. The number of ketones is 1. The third-order valence-corrected chi connectivity index (χ3v) is 3.89. The van der Waals surface area contributed by atoms with Crippen molar-refractivity contribution in [1.82, 2.24) is 10.6 Å². The molecule has 0 unspecified atom stereocenters. The molecule has 0 aliphatic heterocycles. The lowest BCUT2D eigenvalue weighted by Crippen LogP contribution is -2.36.